The molecule has 0 saturated carbocycles. The Bertz CT molecular complexity index is 915. The molecular formula is C18H20N2O7. The van der Waals surface area contributed by atoms with Crippen LogP contribution >= 0.6 is 0 Å². The minimum Gasteiger partial charge on any atom is -0.505 e. The molecule has 0 aliphatic heterocycles. The van der Waals surface area contributed by atoms with Crippen LogP contribution in [0.2, 0.25) is 0 Å². The van der Waals surface area contributed by atoms with E-state index in [1.165, 1.54) is 21.0 Å². The number of carbonyl (C=O) groups is 1. The summed E-state index contributed by atoms with van der Waals surface area (Å²) in [6.45, 7) is 2.18. The number of aromatic nitrogens is 2. The molecule has 0 saturated heterocycles. The van der Waals surface area contributed by atoms with Crippen LogP contribution in [-0.2, 0) is 4.74 Å². The highest BCUT2D eigenvalue weighted by molar-refractivity contribution is 5.90. The standard InChI is InChI=1S/C18H20N2O7/c1-11-9-20(15(23)13(22)18(2,10-21)26-3)17(25)19-14(11)27-16(24)12-7-5-4-6-8-12/h4-9,21-23H,10H2,1-3H3/b15-13-. The van der Waals surface area contributed by atoms with Crippen LogP contribution < -0.4 is 10.4 Å². The number of aliphatic hydroxyl groups excluding tert-OH is 3. The predicted octanol–water partition coefficient (Wildman–Crippen LogP) is 1.41. The van der Waals surface area contributed by atoms with Crippen LogP contribution in [0.4, 0.5) is 0 Å². The molecule has 1 aromatic heterocycles. The third-order valence-corrected chi connectivity index (χ3v) is 3.96. The van der Waals surface area contributed by atoms with Crippen LogP contribution in [0.15, 0.2) is 47.1 Å². The van der Waals surface area contributed by atoms with Gasteiger partial charge in [-0.1, -0.05) is 18.2 Å². The third-order valence-electron chi connectivity index (χ3n) is 3.96. The van der Waals surface area contributed by atoms with E-state index in [-0.39, 0.29) is 17.0 Å². The second kappa shape index (κ2) is 8.02. The van der Waals surface area contributed by atoms with Gasteiger partial charge < -0.3 is 24.8 Å². The monoisotopic (exact) mass is 376 g/mol. The van der Waals surface area contributed by atoms with Crippen molar-refractivity contribution in [1.82, 2.24) is 9.55 Å². The Hall–Kier alpha value is -3.17. The van der Waals surface area contributed by atoms with E-state index in [0.29, 0.717) is 4.57 Å². The lowest BCUT2D eigenvalue weighted by atomic mass is 10.1. The lowest BCUT2D eigenvalue weighted by molar-refractivity contribution is -0.0372. The Morgan fingerprint density at radius 3 is 2.44 bits per heavy atom. The summed E-state index contributed by atoms with van der Waals surface area (Å²) in [6.07, 6.45) is 1.14. The molecule has 0 amide bonds. The molecule has 1 heterocycles. The lowest BCUT2D eigenvalue weighted by Gasteiger charge is -2.25. The Kier molecular flexibility index (Phi) is 5.98. The van der Waals surface area contributed by atoms with Crippen LogP contribution in [0.5, 0.6) is 5.88 Å². The summed E-state index contributed by atoms with van der Waals surface area (Å²) in [5.74, 6) is -2.55. The molecule has 0 bridgehead atoms. The lowest BCUT2D eigenvalue weighted by Crippen LogP contribution is -2.37. The largest absolute Gasteiger partial charge is 0.505 e. The van der Waals surface area contributed by atoms with Crippen molar-refractivity contribution in [1.29, 1.82) is 0 Å². The highest BCUT2D eigenvalue weighted by Crippen LogP contribution is 2.22. The third kappa shape index (κ3) is 4.15. The van der Waals surface area contributed by atoms with E-state index in [9.17, 15) is 24.9 Å². The van der Waals surface area contributed by atoms with Gasteiger partial charge in [0.1, 0.15) is 5.60 Å². The van der Waals surface area contributed by atoms with Crippen molar-refractivity contribution in [2.45, 2.75) is 19.4 Å². The highest BCUT2D eigenvalue weighted by atomic mass is 16.5. The zero-order chi connectivity index (χ0) is 20.2. The van der Waals surface area contributed by atoms with Gasteiger partial charge in [-0.3, -0.25) is 0 Å². The van der Waals surface area contributed by atoms with Crippen molar-refractivity contribution >= 4 is 11.9 Å². The molecule has 2 rings (SSSR count). The van der Waals surface area contributed by atoms with Crippen LogP contribution in [0, 0.1) is 6.92 Å². The highest BCUT2D eigenvalue weighted by Gasteiger charge is 2.32. The molecule has 1 aromatic carbocycles. The fourth-order valence-electron chi connectivity index (χ4n) is 2.10. The van der Waals surface area contributed by atoms with E-state index in [2.05, 4.69) is 4.98 Å². The second-order valence-electron chi connectivity index (χ2n) is 5.90. The predicted molar refractivity (Wildman–Crippen MR) is 95.6 cm³/mol. The first-order valence-corrected chi connectivity index (χ1v) is 7.90. The summed E-state index contributed by atoms with van der Waals surface area (Å²) >= 11 is 0. The number of esters is 1. The molecule has 0 radical (unpaired) electrons. The number of methoxy groups -OCH3 is 1. The fraction of sp³-hybridized carbons (Fsp3) is 0.278. The fourth-order valence-corrected chi connectivity index (χ4v) is 2.10. The summed E-state index contributed by atoms with van der Waals surface area (Å²) in [6, 6.07) is 8.16. The van der Waals surface area contributed by atoms with Gasteiger partial charge in [0, 0.05) is 18.9 Å². The molecule has 0 spiro atoms. The maximum atomic E-state index is 12.2. The number of hydrogen-bond donors (Lipinski definition) is 3. The SMILES string of the molecule is COC(C)(CO)/C(O)=C(/O)n1cc(C)c(OC(=O)c2ccccc2)nc1=O. The molecule has 27 heavy (non-hydrogen) atoms. The molecule has 2 aromatic rings. The van der Waals surface area contributed by atoms with E-state index in [1.807, 2.05) is 0 Å². The number of nitrogens with zero attached hydrogens (tertiary/aromatic N) is 2. The zero-order valence-electron chi connectivity index (χ0n) is 15.0. The van der Waals surface area contributed by atoms with Crippen molar-refractivity contribution in [2.24, 2.45) is 0 Å². The van der Waals surface area contributed by atoms with Gasteiger partial charge in [0.05, 0.1) is 12.2 Å². The number of rotatable bonds is 6. The van der Waals surface area contributed by atoms with E-state index >= 15 is 0 Å². The Morgan fingerprint density at radius 1 is 1.26 bits per heavy atom. The summed E-state index contributed by atoms with van der Waals surface area (Å²) in [5.41, 5.74) is -2.09. The van der Waals surface area contributed by atoms with E-state index in [1.54, 1.807) is 30.3 Å². The van der Waals surface area contributed by atoms with Crippen molar-refractivity contribution < 1.29 is 29.6 Å². The number of aryl methyl sites for hydroxylation is 1. The number of hydrogen-bond acceptors (Lipinski definition) is 8. The van der Waals surface area contributed by atoms with Crippen LogP contribution in [0.25, 0.3) is 5.88 Å². The normalized spacial score (nSPS) is 14.2. The molecule has 0 aliphatic carbocycles. The Balaban J connectivity index is 2.40. The van der Waals surface area contributed by atoms with Gasteiger partial charge in [0.15, 0.2) is 5.76 Å². The van der Waals surface area contributed by atoms with Gasteiger partial charge >= 0.3 is 11.7 Å². The van der Waals surface area contributed by atoms with Crippen molar-refractivity contribution in [2.75, 3.05) is 13.7 Å². The number of benzene rings is 1. The zero-order valence-corrected chi connectivity index (χ0v) is 15.0. The smallest absolute Gasteiger partial charge is 0.357 e. The first kappa shape index (κ1) is 20.1. The first-order chi connectivity index (χ1) is 12.7. The summed E-state index contributed by atoms with van der Waals surface area (Å²) in [7, 11) is 1.22. The summed E-state index contributed by atoms with van der Waals surface area (Å²) in [5, 5.41) is 29.7. The van der Waals surface area contributed by atoms with Gasteiger partial charge in [-0.2, -0.15) is 4.98 Å². The minimum absolute atomic E-state index is 0.228. The van der Waals surface area contributed by atoms with Gasteiger partial charge in [-0.25, -0.2) is 14.2 Å². The minimum atomic E-state index is -1.62. The average molecular weight is 376 g/mol. The van der Waals surface area contributed by atoms with Gasteiger partial charge in [0.2, 0.25) is 11.8 Å². The summed E-state index contributed by atoms with van der Waals surface area (Å²) in [4.78, 5) is 27.9. The molecule has 3 N–H and O–H groups in total. The van der Waals surface area contributed by atoms with Gasteiger partial charge in [-0.15, -0.1) is 0 Å². The molecule has 0 aliphatic rings. The van der Waals surface area contributed by atoms with E-state index in [4.69, 9.17) is 9.47 Å². The topological polar surface area (TPSA) is 131 Å². The van der Waals surface area contributed by atoms with Gasteiger partial charge in [0.25, 0.3) is 0 Å². The van der Waals surface area contributed by atoms with Crippen LogP contribution in [-0.4, -0.2) is 50.2 Å². The molecular weight excluding hydrogens is 356 g/mol. The molecule has 9 nitrogen and oxygen atoms in total. The number of aliphatic hydroxyl groups is 3. The molecule has 1 unspecified atom stereocenters. The second-order valence-corrected chi connectivity index (χ2v) is 5.90. The van der Waals surface area contributed by atoms with E-state index in [0.717, 1.165) is 6.20 Å². The Morgan fingerprint density at radius 2 is 1.89 bits per heavy atom. The van der Waals surface area contributed by atoms with Crippen LogP contribution in [0.3, 0.4) is 0 Å². The van der Waals surface area contributed by atoms with E-state index < -0.39 is 35.5 Å². The average Bonchev–Trinajstić information content (AvgIpc) is 2.69. The number of carbonyl (C=O) groups excluding carboxylic acids is 1. The molecule has 9 heteroatoms. The first-order valence-electron chi connectivity index (χ1n) is 7.90. The van der Waals surface area contributed by atoms with Crippen molar-refractivity contribution in [3.8, 4) is 5.88 Å². The maximum absolute atomic E-state index is 12.2. The summed E-state index contributed by atoms with van der Waals surface area (Å²) < 4.78 is 10.7. The number of ether oxygens (including phenoxy) is 2. The van der Waals surface area contributed by atoms with Crippen molar-refractivity contribution in [3.63, 3.8) is 0 Å². The van der Waals surface area contributed by atoms with Crippen LogP contribution in [0.1, 0.15) is 22.8 Å². The maximum Gasteiger partial charge on any atom is 0.357 e. The quantitative estimate of drug-likeness (QED) is 0.509. The molecule has 144 valence electrons. The van der Waals surface area contributed by atoms with Gasteiger partial charge in [-0.05, 0) is 26.0 Å². The van der Waals surface area contributed by atoms with Crippen molar-refractivity contribution in [3.05, 3.63) is 63.9 Å². The molecule has 0 fully saturated rings. The molecule has 1 atom stereocenters. The Labute approximate surface area is 154 Å².